The van der Waals surface area contributed by atoms with Crippen LogP contribution in [-0.4, -0.2) is 16.1 Å². The van der Waals surface area contributed by atoms with Gasteiger partial charge in [-0.2, -0.15) is 0 Å². The Morgan fingerprint density at radius 1 is 1.41 bits per heavy atom. The van der Waals surface area contributed by atoms with Crippen LogP contribution in [-0.2, 0) is 11.2 Å². The first kappa shape index (κ1) is 12.4. The Kier molecular flexibility index (Phi) is 3.66. The molecule has 0 spiro atoms. The first-order valence-electron chi connectivity index (χ1n) is 4.67. The number of thiazole rings is 1. The summed E-state index contributed by atoms with van der Waals surface area (Å²) < 4.78 is 0. The second kappa shape index (κ2) is 5.04. The van der Waals surface area contributed by atoms with E-state index >= 15 is 0 Å². The molecule has 88 valence electrons. The van der Waals surface area contributed by atoms with E-state index in [0.717, 1.165) is 0 Å². The van der Waals surface area contributed by atoms with Crippen LogP contribution >= 0.6 is 34.5 Å². The van der Waals surface area contributed by atoms with Crippen LogP contribution in [0, 0.1) is 0 Å². The van der Waals surface area contributed by atoms with Crippen LogP contribution in [0.1, 0.15) is 4.88 Å². The van der Waals surface area contributed by atoms with Crippen molar-refractivity contribution >= 4 is 40.5 Å². The second-order valence-corrected chi connectivity index (χ2v) is 5.10. The van der Waals surface area contributed by atoms with Gasteiger partial charge in [0.1, 0.15) is 0 Å². The molecule has 0 unspecified atom stereocenters. The molecule has 0 aliphatic carbocycles. The maximum Gasteiger partial charge on any atom is 0.308 e. The number of halogens is 2. The van der Waals surface area contributed by atoms with Gasteiger partial charge in [0.25, 0.3) is 0 Å². The molecule has 0 atom stereocenters. The molecule has 1 aromatic carbocycles. The van der Waals surface area contributed by atoms with E-state index in [1.165, 1.54) is 11.3 Å². The Labute approximate surface area is 112 Å². The molecule has 3 nitrogen and oxygen atoms in total. The molecule has 0 fully saturated rings. The number of hydrogen-bond acceptors (Lipinski definition) is 3. The van der Waals surface area contributed by atoms with Gasteiger partial charge >= 0.3 is 5.97 Å². The Bertz CT molecular complexity index is 568. The molecular weight excluding hydrogens is 281 g/mol. The highest BCUT2D eigenvalue weighted by Gasteiger charge is 2.14. The lowest BCUT2D eigenvalue weighted by Gasteiger charge is -2.03. The zero-order valence-corrected chi connectivity index (χ0v) is 10.8. The summed E-state index contributed by atoms with van der Waals surface area (Å²) in [4.78, 5) is 15.6. The van der Waals surface area contributed by atoms with Crippen LogP contribution in [0.15, 0.2) is 23.7 Å². The number of rotatable bonds is 3. The molecule has 2 aromatic rings. The Morgan fingerprint density at radius 3 is 2.82 bits per heavy atom. The van der Waals surface area contributed by atoms with Crippen molar-refractivity contribution in [2.75, 3.05) is 0 Å². The lowest BCUT2D eigenvalue weighted by molar-refractivity contribution is -0.136. The zero-order valence-electron chi connectivity index (χ0n) is 8.48. The van der Waals surface area contributed by atoms with Crippen LogP contribution in [0.4, 0.5) is 0 Å². The first-order chi connectivity index (χ1) is 8.08. The van der Waals surface area contributed by atoms with Crippen molar-refractivity contribution in [1.82, 2.24) is 4.98 Å². The molecule has 6 heteroatoms. The van der Waals surface area contributed by atoms with E-state index in [1.807, 2.05) is 0 Å². The smallest absolute Gasteiger partial charge is 0.308 e. The van der Waals surface area contributed by atoms with Crippen molar-refractivity contribution in [2.45, 2.75) is 6.42 Å². The molecule has 17 heavy (non-hydrogen) atoms. The third-order valence-corrected chi connectivity index (χ3v) is 3.52. The topological polar surface area (TPSA) is 50.2 Å². The van der Waals surface area contributed by atoms with Crippen molar-refractivity contribution in [3.63, 3.8) is 0 Å². The van der Waals surface area contributed by atoms with Gasteiger partial charge in [0.05, 0.1) is 22.6 Å². The van der Waals surface area contributed by atoms with E-state index in [2.05, 4.69) is 4.98 Å². The molecule has 1 aromatic heterocycles. The Hall–Kier alpha value is -1.10. The maximum atomic E-state index is 10.7. The lowest BCUT2D eigenvalue weighted by atomic mass is 10.1. The number of benzene rings is 1. The Morgan fingerprint density at radius 2 is 2.18 bits per heavy atom. The molecule has 0 amide bonds. The maximum absolute atomic E-state index is 10.7. The van der Waals surface area contributed by atoms with Crippen LogP contribution < -0.4 is 0 Å². The molecule has 0 saturated heterocycles. The number of nitrogens with zero attached hydrogens (tertiary/aromatic N) is 1. The predicted molar refractivity (Wildman–Crippen MR) is 68.9 cm³/mol. The zero-order chi connectivity index (χ0) is 12.4. The normalized spacial score (nSPS) is 10.5. The van der Waals surface area contributed by atoms with Crippen molar-refractivity contribution in [3.05, 3.63) is 38.6 Å². The molecule has 0 aliphatic heterocycles. The van der Waals surface area contributed by atoms with E-state index < -0.39 is 5.97 Å². The lowest BCUT2D eigenvalue weighted by Crippen LogP contribution is -1.99. The van der Waals surface area contributed by atoms with Crippen LogP contribution in [0.2, 0.25) is 10.0 Å². The average molecular weight is 288 g/mol. The van der Waals surface area contributed by atoms with Crippen LogP contribution in [0.3, 0.4) is 0 Å². The van der Waals surface area contributed by atoms with E-state index in [-0.39, 0.29) is 6.42 Å². The standard InChI is InChI=1S/C11H7Cl2NO2S/c12-6-1-2-7(8(13)3-6)11-9(4-10(15)16)17-5-14-11/h1-3,5H,4H2,(H,15,16). The minimum atomic E-state index is -0.888. The molecule has 0 bridgehead atoms. The molecule has 1 heterocycles. The highest BCUT2D eigenvalue weighted by atomic mass is 35.5. The first-order valence-corrected chi connectivity index (χ1v) is 6.31. The summed E-state index contributed by atoms with van der Waals surface area (Å²) in [5.74, 6) is -0.888. The van der Waals surface area contributed by atoms with Crippen LogP contribution in [0.25, 0.3) is 11.3 Å². The predicted octanol–water partition coefficient (Wildman–Crippen LogP) is 3.74. The van der Waals surface area contributed by atoms with Crippen molar-refractivity contribution in [1.29, 1.82) is 0 Å². The monoisotopic (exact) mass is 287 g/mol. The summed E-state index contributed by atoms with van der Waals surface area (Å²) in [6.45, 7) is 0. The minimum Gasteiger partial charge on any atom is -0.481 e. The van der Waals surface area contributed by atoms with Crippen LogP contribution in [0.5, 0.6) is 0 Å². The number of carboxylic acid groups (broad SMARTS) is 1. The molecule has 2 rings (SSSR count). The molecule has 0 saturated carbocycles. The fourth-order valence-electron chi connectivity index (χ4n) is 1.43. The van der Waals surface area contributed by atoms with Gasteiger partial charge in [-0.15, -0.1) is 11.3 Å². The van der Waals surface area contributed by atoms with Gasteiger partial charge in [-0.05, 0) is 18.2 Å². The number of carbonyl (C=O) groups is 1. The summed E-state index contributed by atoms with van der Waals surface area (Å²) in [7, 11) is 0. The van der Waals surface area contributed by atoms with E-state index in [4.69, 9.17) is 28.3 Å². The fraction of sp³-hybridized carbons (Fsp3) is 0.0909. The summed E-state index contributed by atoms with van der Waals surface area (Å²) in [6.07, 6.45) is -0.0566. The summed E-state index contributed by atoms with van der Waals surface area (Å²) >= 11 is 13.2. The van der Waals surface area contributed by atoms with Gasteiger partial charge in [0, 0.05) is 15.5 Å². The second-order valence-electron chi connectivity index (χ2n) is 3.32. The number of aromatic nitrogens is 1. The molecular formula is C11H7Cl2NO2S. The largest absolute Gasteiger partial charge is 0.481 e. The summed E-state index contributed by atoms with van der Waals surface area (Å²) in [6, 6.07) is 5.06. The number of hydrogen-bond donors (Lipinski definition) is 1. The quantitative estimate of drug-likeness (QED) is 0.935. The SMILES string of the molecule is O=C(O)Cc1scnc1-c1ccc(Cl)cc1Cl. The van der Waals surface area contributed by atoms with E-state index in [9.17, 15) is 4.79 Å². The van der Waals surface area contributed by atoms with E-state index in [0.29, 0.717) is 26.2 Å². The number of carboxylic acids is 1. The fourth-order valence-corrected chi connectivity index (χ4v) is 2.70. The third-order valence-electron chi connectivity index (χ3n) is 2.14. The van der Waals surface area contributed by atoms with Gasteiger partial charge in [-0.3, -0.25) is 4.79 Å². The van der Waals surface area contributed by atoms with Gasteiger partial charge in [-0.1, -0.05) is 23.2 Å². The summed E-state index contributed by atoms with van der Waals surface area (Å²) in [5, 5.41) is 9.80. The Balaban J connectivity index is 2.46. The molecule has 1 N–H and O–H groups in total. The summed E-state index contributed by atoms with van der Waals surface area (Å²) in [5.41, 5.74) is 2.92. The van der Waals surface area contributed by atoms with E-state index in [1.54, 1.807) is 23.7 Å². The highest BCUT2D eigenvalue weighted by Crippen LogP contribution is 2.33. The van der Waals surface area contributed by atoms with Gasteiger partial charge in [-0.25, -0.2) is 4.98 Å². The molecule has 0 radical (unpaired) electrons. The third kappa shape index (κ3) is 2.77. The van der Waals surface area contributed by atoms with Crippen molar-refractivity contribution < 1.29 is 9.90 Å². The van der Waals surface area contributed by atoms with Gasteiger partial charge in [0.15, 0.2) is 0 Å². The van der Waals surface area contributed by atoms with Crippen molar-refractivity contribution in [3.8, 4) is 11.3 Å². The van der Waals surface area contributed by atoms with Crippen molar-refractivity contribution in [2.24, 2.45) is 0 Å². The molecule has 0 aliphatic rings. The van der Waals surface area contributed by atoms with Gasteiger partial charge < -0.3 is 5.11 Å². The average Bonchev–Trinajstić information content (AvgIpc) is 2.65. The van der Waals surface area contributed by atoms with Gasteiger partial charge in [0.2, 0.25) is 0 Å². The minimum absolute atomic E-state index is 0.0566. The highest BCUT2D eigenvalue weighted by molar-refractivity contribution is 7.10. The number of aliphatic carboxylic acids is 1.